The standard InChI is InChI=1S/C19H17NO3/c1-13-11-16(15-8-4-5-9-17(15)20-13)19(21)23-12-14-7-3-6-10-18(14)22-2/h3-11H,12H2,1-2H3. The lowest BCUT2D eigenvalue weighted by Gasteiger charge is -2.10. The van der Waals surface area contributed by atoms with Crippen molar-refractivity contribution < 1.29 is 14.3 Å². The van der Waals surface area contributed by atoms with Crippen molar-refractivity contribution in [1.29, 1.82) is 0 Å². The third kappa shape index (κ3) is 3.16. The molecule has 4 heteroatoms. The lowest BCUT2D eigenvalue weighted by molar-refractivity contribution is 0.0472. The van der Waals surface area contributed by atoms with Gasteiger partial charge in [-0.1, -0.05) is 36.4 Å². The van der Waals surface area contributed by atoms with Crippen molar-refractivity contribution in [2.45, 2.75) is 13.5 Å². The van der Waals surface area contributed by atoms with Crippen LogP contribution in [0.25, 0.3) is 10.9 Å². The number of nitrogens with zero attached hydrogens (tertiary/aromatic N) is 1. The second-order valence-corrected chi connectivity index (χ2v) is 5.22. The minimum absolute atomic E-state index is 0.165. The number of hydrogen-bond donors (Lipinski definition) is 0. The van der Waals surface area contributed by atoms with Crippen LogP contribution in [0, 0.1) is 6.92 Å². The number of esters is 1. The van der Waals surface area contributed by atoms with Crippen LogP contribution in [0.4, 0.5) is 0 Å². The average molecular weight is 307 g/mol. The number of aryl methyl sites for hydroxylation is 1. The smallest absolute Gasteiger partial charge is 0.339 e. The maximum Gasteiger partial charge on any atom is 0.339 e. The first-order valence-electron chi connectivity index (χ1n) is 7.34. The van der Waals surface area contributed by atoms with Crippen molar-refractivity contribution >= 4 is 16.9 Å². The van der Waals surface area contributed by atoms with E-state index in [1.165, 1.54) is 0 Å². The first kappa shape index (κ1) is 15.0. The van der Waals surface area contributed by atoms with Gasteiger partial charge in [0.15, 0.2) is 0 Å². The molecule has 1 aromatic heterocycles. The third-order valence-electron chi connectivity index (χ3n) is 3.62. The van der Waals surface area contributed by atoms with E-state index >= 15 is 0 Å². The number of pyridine rings is 1. The quantitative estimate of drug-likeness (QED) is 0.686. The number of aromatic nitrogens is 1. The molecule has 0 bridgehead atoms. The maximum absolute atomic E-state index is 12.5. The number of rotatable bonds is 4. The van der Waals surface area contributed by atoms with Gasteiger partial charge in [-0.05, 0) is 25.1 Å². The van der Waals surface area contributed by atoms with Gasteiger partial charge in [-0.2, -0.15) is 0 Å². The highest BCUT2D eigenvalue weighted by atomic mass is 16.5. The zero-order valence-electron chi connectivity index (χ0n) is 13.1. The summed E-state index contributed by atoms with van der Waals surface area (Å²) in [5, 5.41) is 0.795. The Bertz CT molecular complexity index is 858. The number of ether oxygens (including phenoxy) is 2. The van der Waals surface area contributed by atoms with Crippen LogP contribution in [-0.2, 0) is 11.3 Å². The largest absolute Gasteiger partial charge is 0.496 e. The molecular weight excluding hydrogens is 290 g/mol. The SMILES string of the molecule is COc1ccccc1COC(=O)c1cc(C)nc2ccccc12. The lowest BCUT2D eigenvalue weighted by atomic mass is 10.1. The van der Waals surface area contributed by atoms with Crippen molar-refractivity contribution in [1.82, 2.24) is 4.98 Å². The molecule has 23 heavy (non-hydrogen) atoms. The molecule has 3 rings (SSSR count). The van der Waals surface area contributed by atoms with Crippen LogP contribution < -0.4 is 4.74 Å². The Kier molecular flexibility index (Phi) is 4.24. The Balaban J connectivity index is 1.87. The number of para-hydroxylation sites is 2. The van der Waals surface area contributed by atoms with Gasteiger partial charge < -0.3 is 9.47 Å². The third-order valence-corrected chi connectivity index (χ3v) is 3.62. The predicted octanol–water partition coefficient (Wildman–Crippen LogP) is 3.91. The molecule has 0 aliphatic rings. The van der Waals surface area contributed by atoms with Crippen molar-refractivity contribution in [2.24, 2.45) is 0 Å². The summed E-state index contributed by atoms with van der Waals surface area (Å²) in [7, 11) is 1.60. The molecule has 4 nitrogen and oxygen atoms in total. The highest BCUT2D eigenvalue weighted by molar-refractivity contribution is 6.03. The molecule has 0 amide bonds. The number of fused-ring (bicyclic) bond motifs is 1. The molecule has 2 aromatic carbocycles. The van der Waals surface area contributed by atoms with Gasteiger partial charge >= 0.3 is 5.97 Å². The summed E-state index contributed by atoms with van der Waals surface area (Å²) in [4.78, 5) is 16.9. The van der Waals surface area contributed by atoms with Crippen LogP contribution in [0.5, 0.6) is 5.75 Å². The van der Waals surface area contributed by atoms with Gasteiger partial charge in [0.2, 0.25) is 0 Å². The van der Waals surface area contributed by atoms with E-state index in [9.17, 15) is 4.79 Å². The molecule has 0 saturated carbocycles. The molecule has 0 atom stereocenters. The first-order valence-corrected chi connectivity index (χ1v) is 7.34. The van der Waals surface area contributed by atoms with Crippen molar-refractivity contribution in [3.05, 3.63) is 71.4 Å². The van der Waals surface area contributed by atoms with Crippen LogP contribution in [0.15, 0.2) is 54.6 Å². The molecule has 0 aliphatic carbocycles. The summed E-state index contributed by atoms with van der Waals surface area (Å²) in [5.41, 5.74) is 2.94. The van der Waals surface area contributed by atoms with Crippen molar-refractivity contribution in [3.63, 3.8) is 0 Å². The summed E-state index contributed by atoms with van der Waals surface area (Å²) < 4.78 is 10.7. The Morgan fingerprint density at radius 3 is 2.65 bits per heavy atom. The van der Waals surface area contributed by atoms with Gasteiger partial charge in [0.25, 0.3) is 0 Å². The van der Waals surface area contributed by atoms with Gasteiger partial charge in [-0.3, -0.25) is 4.98 Å². The van der Waals surface area contributed by atoms with Crippen LogP contribution >= 0.6 is 0 Å². The fourth-order valence-electron chi connectivity index (χ4n) is 2.52. The zero-order chi connectivity index (χ0) is 16.2. The number of benzene rings is 2. The monoisotopic (exact) mass is 307 g/mol. The lowest BCUT2D eigenvalue weighted by Crippen LogP contribution is -2.07. The Morgan fingerprint density at radius 2 is 1.83 bits per heavy atom. The van der Waals surface area contributed by atoms with Gasteiger partial charge in [-0.15, -0.1) is 0 Å². The van der Waals surface area contributed by atoms with E-state index in [2.05, 4.69) is 4.98 Å². The Morgan fingerprint density at radius 1 is 1.09 bits per heavy atom. The number of carbonyl (C=O) groups excluding carboxylic acids is 1. The van der Waals surface area contributed by atoms with Gasteiger partial charge in [0, 0.05) is 16.6 Å². The van der Waals surface area contributed by atoms with E-state index in [0.717, 1.165) is 22.2 Å². The number of hydrogen-bond acceptors (Lipinski definition) is 4. The molecule has 0 N–H and O–H groups in total. The fourth-order valence-corrected chi connectivity index (χ4v) is 2.52. The number of carbonyl (C=O) groups is 1. The summed E-state index contributed by atoms with van der Waals surface area (Å²) in [6.07, 6.45) is 0. The minimum Gasteiger partial charge on any atom is -0.496 e. The van der Waals surface area contributed by atoms with E-state index < -0.39 is 0 Å². The highest BCUT2D eigenvalue weighted by Gasteiger charge is 2.14. The van der Waals surface area contributed by atoms with E-state index in [1.54, 1.807) is 13.2 Å². The van der Waals surface area contributed by atoms with E-state index in [0.29, 0.717) is 11.3 Å². The van der Waals surface area contributed by atoms with Gasteiger partial charge in [-0.25, -0.2) is 4.79 Å². The highest BCUT2D eigenvalue weighted by Crippen LogP contribution is 2.22. The van der Waals surface area contributed by atoms with Crippen molar-refractivity contribution in [3.8, 4) is 5.75 Å². The topological polar surface area (TPSA) is 48.4 Å². The fraction of sp³-hybridized carbons (Fsp3) is 0.158. The Labute approximate surface area is 134 Å². The minimum atomic E-state index is -0.363. The molecule has 1 heterocycles. The van der Waals surface area contributed by atoms with Crippen molar-refractivity contribution in [2.75, 3.05) is 7.11 Å². The average Bonchev–Trinajstić information content (AvgIpc) is 2.59. The summed E-state index contributed by atoms with van der Waals surface area (Å²) in [6.45, 7) is 2.03. The van der Waals surface area contributed by atoms with E-state index in [-0.39, 0.29) is 12.6 Å². The molecule has 0 radical (unpaired) electrons. The van der Waals surface area contributed by atoms with E-state index in [4.69, 9.17) is 9.47 Å². The molecule has 0 saturated heterocycles. The number of methoxy groups -OCH3 is 1. The maximum atomic E-state index is 12.5. The Hall–Kier alpha value is -2.88. The van der Waals surface area contributed by atoms with Crippen LogP contribution in [0.1, 0.15) is 21.6 Å². The van der Waals surface area contributed by atoms with Crippen LogP contribution in [0.3, 0.4) is 0 Å². The zero-order valence-corrected chi connectivity index (χ0v) is 13.1. The molecule has 0 aliphatic heterocycles. The van der Waals surface area contributed by atoms with Gasteiger partial charge in [0.1, 0.15) is 12.4 Å². The molecule has 0 unspecified atom stereocenters. The van der Waals surface area contributed by atoms with Crippen LogP contribution in [-0.4, -0.2) is 18.1 Å². The van der Waals surface area contributed by atoms with E-state index in [1.807, 2.05) is 55.5 Å². The second kappa shape index (κ2) is 6.48. The molecule has 116 valence electrons. The normalized spacial score (nSPS) is 10.5. The first-order chi connectivity index (χ1) is 11.2. The molecule has 0 fully saturated rings. The second-order valence-electron chi connectivity index (χ2n) is 5.22. The molecular formula is C19H17NO3. The van der Waals surface area contributed by atoms with Crippen LogP contribution in [0.2, 0.25) is 0 Å². The van der Waals surface area contributed by atoms with Gasteiger partial charge in [0.05, 0.1) is 18.2 Å². The summed E-state index contributed by atoms with van der Waals surface area (Å²) in [5.74, 6) is 0.341. The summed E-state index contributed by atoms with van der Waals surface area (Å²) >= 11 is 0. The summed E-state index contributed by atoms with van der Waals surface area (Å²) in [6, 6.07) is 16.8. The molecule has 3 aromatic rings. The molecule has 0 spiro atoms. The predicted molar refractivity (Wildman–Crippen MR) is 88.6 cm³/mol.